The molecule has 92 valence electrons. The first-order chi connectivity index (χ1) is 8.63. The molecule has 0 atom stereocenters. The van der Waals surface area contributed by atoms with Crippen LogP contribution in [0.1, 0.15) is 0 Å². The van der Waals surface area contributed by atoms with Gasteiger partial charge in [-0.25, -0.2) is 9.78 Å². The molecule has 7 nitrogen and oxygen atoms in total. The lowest BCUT2D eigenvalue weighted by Gasteiger charge is -2.07. The van der Waals surface area contributed by atoms with Crippen molar-refractivity contribution in [2.45, 2.75) is 0 Å². The van der Waals surface area contributed by atoms with Crippen LogP contribution in [-0.2, 0) is 0 Å². The Bertz CT molecular complexity index is 571. The fourth-order valence-corrected chi connectivity index (χ4v) is 1.38. The molecule has 6 N–H and O–H groups in total. The fourth-order valence-electron chi connectivity index (χ4n) is 1.38. The zero-order valence-corrected chi connectivity index (χ0v) is 9.42. The first-order valence-corrected chi connectivity index (χ1v) is 5.15. The van der Waals surface area contributed by atoms with Gasteiger partial charge >= 0.3 is 6.03 Å². The summed E-state index contributed by atoms with van der Waals surface area (Å²) in [5.41, 5.74) is 11.9. The minimum absolute atomic E-state index is 0.374. The highest BCUT2D eigenvalue weighted by Crippen LogP contribution is 2.18. The Morgan fingerprint density at radius 2 is 2.00 bits per heavy atom. The van der Waals surface area contributed by atoms with Crippen molar-refractivity contribution >= 4 is 29.2 Å². The highest BCUT2D eigenvalue weighted by atomic mass is 16.2. The molecule has 0 unspecified atom stereocenters. The summed E-state index contributed by atoms with van der Waals surface area (Å²) in [6.45, 7) is 0. The number of nitrogens with zero attached hydrogens (tertiary/aromatic N) is 2. The highest BCUT2D eigenvalue weighted by Gasteiger charge is 2.00. The molecule has 2 rings (SSSR count). The van der Waals surface area contributed by atoms with E-state index in [4.69, 9.17) is 11.5 Å². The number of benzene rings is 1. The lowest BCUT2D eigenvalue weighted by atomic mass is 10.3. The molecule has 0 radical (unpaired) electrons. The van der Waals surface area contributed by atoms with Crippen molar-refractivity contribution in [3.8, 4) is 0 Å². The Kier molecular flexibility index (Phi) is 3.24. The summed E-state index contributed by atoms with van der Waals surface area (Å²) in [5, 5.41) is 5.44. The van der Waals surface area contributed by atoms with Crippen LogP contribution in [0.15, 0.2) is 36.5 Å². The van der Waals surface area contributed by atoms with Gasteiger partial charge in [-0.15, -0.1) is 0 Å². The van der Waals surface area contributed by atoms with Crippen molar-refractivity contribution in [2.24, 2.45) is 5.73 Å². The zero-order valence-electron chi connectivity index (χ0n) is 9.42. The summed E-state index contributed by atoms with van der Waals surface area (Å²) in [5.74, 6) is 0.755. The Labute approximate surface area is 103 Å². The van der Waals surface area contributed by atoms with Crippen LogP contribution in [0.4, 0.5) is 27.9 Å². The van der Waals surface area contributed by atoms with Crippen molar-refractivity contribution in [1.29, 1.82) is 0 Å². The summed E-state index contributed by atoms with van der Waals surface area (Å²) in [4.78, 5) is 18.7. The van der Waals surface area contributed by atoms with E-state index in [0.29, 0.717) is 23.1 Å². The lowest BCUT2D eigenvalue weighted by Crippen LogP contribution is -2.19. The molecule has 0 bridgehead atoms. The molecule has 0 saturated heterocycles. The van der Waals surface area contributed by atoms with Crippen molar-refractivity contribution < 1.29 is 4.79 Å². The van der Waals surface area contributed by atoms with Crippen LogP contribution in [0.2, 0.25) is 0 Å². The SMILES string of the molecule is NC(=O)Nc1cccc(Nc2nccc(N)n2)c1. The topological polar surface area (TPSA) is 119 Å². The van der Waals surface area contributed by atoms with Gasteiger partial charge in [-0.05, 0) is 24.3 Å². The summed E-state index contributed by atoms with van der Waals surface area (Å²) in [7, 11) is 0. The molecule has 1 aromatic carbocycles. The molecule has 1 heterocycles. The number of aromatic nitrogens is 2. The van der Waals surface area contributed by atoms with Crippen LogP contribution in [0.25, 0.3) is 0 Å². The fraction of sp³-hybridized carbons (Fsp3) is 0. The molecule has 0 fully saturated rings. The van der Waals surface area contributed by atoms with Crippen molar-refractivity contribution in [1.82, 2.24) is 9.97 Å². The maximum absolute atomic E-state index is 10.7. The van der Waals surface area contributed by atoms with Crippen molar-refractivity contribution in [2.75, 3.05) is 16.4 Å². The van der Waals surface area contributed by atoms with E-state index in [2.05, 4.69) is 20.6 Å². The van der Waals surface area contributed by atoms with Crippen LogP contribution < -0.4 is 22.1 Å². The summed E-state index contributed by atoms with van der Waals surface area (Å²) in [6.07, 6.45) is 1.55. The quantitative estimate of drug-likeness (QED) is 0.648. The van der Waals surface area contributed by atoms with Crippen LogP contribution in [0, 0.1) is 0 Å². The molecular formula is C11H12N6O. The van der Waals surface area contributed by atoms with E-state index in [-0.39, 0.29) is 0 Å². The van der Waals surface area contributed by atoms with Gasteiger partial charge in [0.05, 0.1) is 0 Å². The van der Waals surface area contributed by atoms with Crippen LogP contribution in [-0.4, -0.2) is 16.0 Å². The molecule has 0 aliphatic carbocycles. The molecule has 0 aliphatic heterocycles. The Balaban J connectivity index is 2.16. The first-order valence-electron chi connectivity index (χ1n) is 5.15. The molecule has 0 aliphatic rings. The number of nitrogen functional groups attached to an aromatic ring is 1. The van der Waals surface area contributed by atoms with E-state index < -0.39 is 6.03 Å². The van der Waals surface area contributed by atoms with Crippen LogP contribution >= 0.6 is 0 Å². The van der Waals surface area contributed by atoms with E-state index in [1.54, 1.807) is 36.5 Å². The summed E-state index contributed by atoms with van der Waals surface area (Å²) in [6, 6.07) is 7.97. The van der Waals surface area contributed by atoms with Gasteiger partial charge in [0.2, 0.25) is 5.95 Å². The molecule has 0 spiro atoms. The number of carbonyl (C=O) groups excluding carboxylic acids is 1. The predicted molar refractivity (Wildman–Crippen MR) is 69.4 cm³/mol. The summed E-state index contributed by atoms with van der Waals surface area (Å²) < 4.78 is 0. The molecule has 18 heavy (non-hydrogen) atoms. The van der Waals surface area contributed by atoms with E-state index in [9.17, 15) is 4.79 Å². The average Bonchev–Trinajstić information content (AvgIpc) is 2.28. The number of nitrogens with one attached hydrogen (secondary N) is 2. The van der Waals surface area contributed by atoms with E-state index in [1.807, 2.05) is 0 Å². The number of hydrogen-bond donors (Lipinski definition) is 4. The smallest absolute Gasteiger partial charge is 0.316 e. The Morgan fingerprint density at radius 1 is 1.22 bits per heavy atom. The third kappa shape index (κ3) is 3.08. The molecule has 1 aromatic heterocycles. The number of amides is 2. The van der Waals surface area contributed by atoms with Gasteiger partial charge < -0.3 is 22.1 Å². The van der Waals surface area contributed by atoms with Crippen LogP contribution in [0.3, 0.4) is 0 Å². The summed E-state index contributed by atoms with van der Waals surface area (Å²) >= 11 is 0. The standard InChI is InChI=1S/C11H12N6O/c12-9-4-5-14-11(17-9)16-8-3-1-2-7(6-8)15-10(13)18/h1-6H,(H3,13,15,18)(H3,12,14,16,17). The number of anilines is 4. The van der Waals surface area contributed by atoms with Gasteiger partial charge in [-0.3, -0.25) is 0 Å². The number of hydrogen-bond acceptors (Lipinski definition) is 5. The second-order valence-corrected chi connectivity index (χ2v) is 3.50. The Hall–Kier alpha value is -2.83. The number of carbonyl (C=O) groups is 1. The van der Waals surface area contributed by atoms with Gasteiger partial charge in [0, 0.05) is 17.6 Å². The minimum atomic E-state index is -0.618. The number of primary amides is 1. The van der Waals surface area contributed by atoms with Crippen LogP contribution in [0.5, 0.6) is 0 Å². The minimum Gasteiger partial charge on any atom is -0.384 e. The van der Waals surface area contributed by atoms with Gasteiger partial charge in [-0.2, -0.15) is 4.98 Å². The third-order valence-corrected chi connectivity index (χ3v) is 2.06. The maximum Gasteiger partial charge on any atom is 0.316 e. The third-order valence-electron chi connectivity index (χ3n) is 2.06. The van der Waals surface area contributed by atoms with Gasteiger partial charge in [-0.1, -0.05) is 6.07 Å². The van der Waals surface area contributed by atoms with Gasteiger partial charge in [0.15, 0.2) is 0 Å². The maximum atomic E-state index is 10.7. The zero-order chi connectivity index (χ0) is 13.0. The largest absolute Gasteiger partial charge is 0.384 e. The van der Waals surface area contributed by atoms with E-state index in [1.165, 1.54) is 0 Å². The van der Waals surface area contributed by atoms with E-state index >= 15 is 0 Å². The van der Waals surface area contributed by atoms with Crippen molar-refractivity contribution in [3.63, 3.8) is 0 Å². The highest BCUT2D eigenvalue weighted by molar-refractivity contribution is 5.88. The monoisotopic (exact) mass is 244 g/mol. The predicted octanol–water partition coefficient (Wildman–Crippen LogP) is 1.29. The molecule has 7 heteroatoms. The van der Waals surface area contributed by atoms with E-state index in [0.717, 1.165) is 0 Å². The second kappa shape index (κ2) is 5.00. The Morgan fingerprint density at radius 3 is 2.72 bits per heavy atom. The number of urea groups is 1. The molecule has 2 aromatic rings. The van der Waals surface area contributed by atoms with Gasteiger partial charge in [0.25, 0.3) is 0 Å². The van der Waals surface area contributed by atoms with Gasteiger partial charge in [0.1, 0.15) is 5.82 Å². The second-order valence-electron chi connectivity index (χ2n) is 3.50. The average molecular weight is 244 g/mol. The number of rotatable bonds is 3. The normalized spacial score (nSPS) is 9.78. The van der Waals surface area contributed by atoms with Crippen molar-refractivity contribution in [3.05, 3.63) is 36.5 Å². The number of nitrogens with two attached hydrogens (primary N) is 2. The molecule has 0 saturated carbocycles. The molecular weight excluding hydrogens is 232 g/mol. The lowest BCUT2D eigenvalue weighted by molar-refractivity contribution is 0.259. The first kappa shape index (κ1) is 11.6. The molecule has 2 amide bonds.